The molecule has 0 saturated carbocycles. The molecule has 1 aromatic carbocycles. The van der Waals surface area contributed by atoms with Crippen LogP contribution in [0, 0.1) is 0 Å². The number of halogens is 4. The lowest BCUT2D eigenvalue weighted by atomic mass is 10.0. The molecule has 12 heteroatoms. The summed E-state index contributed by atoms with van der Waals surface area (Å²) in [4.78, 5) is 12.2. The van der Waals surface area contributed by atoms with Crippen LogP contribution in [0.4, 0.5) is 13.2 Å². The highest BCUT2D eigenvalue weighted by Gasteiger charge is 2.41. The van der Waals surface area contributed by atoms with Crippen LogP contribution in [0.1, 0.15) is 37.5 Å². The van der Waals surface area contributed by atoms with Crippen molar-refractivity contribution in [3.05, 3.63) is 51.8 Å². The smallest absolute Gasteiger partial charge is 0.424 e. The summed E-state index contributed by atoms with van der Waals surface area (Å²) < 4.78 is 62.7. The number of hydrogen-bond acceptors (Lipinski definition) is 7. The first-order valence-electron chi connectivity index (χ1n) is 10.5. The molecule has 0 saturated heterocycles. The number of aliphatic hydroxyl groups is 1. The predicted octanol–water partition coefficient (Wildman–Crippen LogP) is 4.58. The van der Waals surface area contributed by atoms with Crippen LogP contribution in [0.3, 0.4) is 0 Å². The molecule has 2 aromatic rings. The minimum atomic E-state index is -4.79. The standard InChI is InChI=1S/C23H28BrF3N2O6/c1-22(2,3)35-12-15(30)10-29-19(24)18(23(25,26)27)20(28-29)34-11-14-8-6-7-9-16(14)17(13-32-4)21(31)33-5/h6-9,13,15,30H,10-12H2,1-5H3/b17-13+. The fourth-order valence-corrected chi connectivity index (χ4v) is 3.60. The second-order valence-electron chi connectivity index (χ2n) is 8.43. The van der Waals surface area contributed by atoms with Crippen molar-refractivity contribution in [2.75, 3.05) is 20.8 Å². The van der Waals surface area contributed by atoms with E-state index in [9.17, 15) is 23.1 Å². The van der Waals surface area contributed by atoms with E-state index in [2.05, 4.69) is 21.0 Å². The molecule has 1 N–H and O–H groups in total. The van der Waals surface area contributed by atoms with E-state index in [1.807, 2.05) is 0 Å². The summed E-state index contributed by atoms with van der Waals surface area (Å²) in [5.74, 6) is -1.37. The van der Waals surface area contributed by atoms with Gasteiger partial charge in [0.15, 0.2) is 5.56 Å². The molecule has 194 valence electrons. The fourth-order valence-electron chi connectivity index (χ4n) is 2.98. The Morgan fingerprint density at radius 1 is 1.23 bits per heavy atom. The van der Waals surface area contributed by atoms with Crippen molar-refractivity contribution in [3.63, 3.8) is 0 Å². The van der Waals surface area contributed by atoms with Gasteiger partial charge in [-0.3, -0.25) is 4.68 Å². The van der Waals surface area contributed by atoms with Gasteiger partial charge < -0.3 is 24.1 Å². The van der Waals surface area contributed by atoms with Gasteiger partial charge in [-0.2, -0.15) is 13.2 Å². The molecule has 0 aliphatic carbocycles. The summed E-state index contributed by atoms with van der Waals surface area (Å²) in [6, 6.07) is 6.48. The molecule has 0 amide bonds. The highest BCUT2D eigenvalue weighted by atomic mass is 79.9. The van der Waals surface area contributed by atoms with Crippen molar-refractivity contribution >= 4 is 27.5 Å². The maximum absolute atomic E-state index is 13.8. The molecule has 1 heterocycles. The Bertz CT molecular complexity index is 1050. The molecule has 0 spiro atoms. The average Bonchev–Trinajstić information content (AvgIpc) is 3.09. The second-order valence-corrected chi connectivity index (χ2v) is 9.18. The van der Waals surface area contributed by atoms with Crippen LogP contribution in [0.15, 0.2) is 35.1 Å². The zero-order valence-corrected chi connectivity index (χ0v) is 21.6. The van der Waals surface area contributed by atoms with Crippen LogP contribution in [-0.2, 0) is 38.3 Å². The number of hydrogen-bond donors (Lipinski definition) is 1. The Kier molecular flexibility index (Phi) is 9.76. The molecule has 1 aromatic heterocycles. The molecule has 1 unspecified atom stereocenters. The van der Waals surface area contributed by atoms with Crippen molar-refractivity contribution in [2.45, 2.75) is 51.8 Å². The molecular weight excluding hydrogens is 537 g/mol. The lowest BCUT2D eigenvalue weighted by molar-refractivity contribution is -0.139. The number of nitrogens with zero attached hydrogens (tertiary/aromatic N) is 2. The summed E-state index contributed by atoms with van der Waals surface area (Å²) in [6.07, 6.45) is -4.72. The van der Waals surface area contributed by atoms with Crippen LogP contribution < -0.4 is 4.74 Å². The third-order valence-corrected chi connectivity index (χ3v) is 5.35. The fraction of sp³-hybridized carbons (Fsp3) is 0.478. The first-order valence-corrected chi connectivity index (χ1v) is 11.3. The first kappa shape index (κ1) is 28.7. The molecule has 0 radical (unpaired) electrons. The summed E-state index contributed by atoms with van der Waals surface area (Å²) in [5.41, 5.74) is -0.818. The summed E-state index contributed by atoms with van der Waals surface area (Å²) in [5, 5.41) is 14.2. The number of rotatable bonds is 10. The van der Waals surface area contributed by atoms with E-state index < -0.39 is 39.9 Å². The number of alkyl halides is 3. The van der Waals surface area contributed by atoms with E-state index in [0.29, 0.717) is 11.1 Å². The molecule has 0 aliphatic heterocycles. The number of esters is 1. The molecule has 0 fully saturated rings. The van der Waals surface area contributed by atoms with E-state index >= 15 is 0 Å². The first-order chi connectivity index (χ1) is 16.3. The molecule has 1 atom stereocenters. The number of carbonyl (C=O) groups excluding carboxylic acids is 1. The minimum absolute atomic E-state index is 0.0684. The van der Waals surface area contributed by atoms with Gasteiger partial charge in [0.2, 0.25) is 5.88 Å². The van der Waals surface area contributed by atoms with E-state index in [-0.39, 0.29) is 25.3 Å². The number of ether oxygens (including phenoxy) is 4. The quantitative estimate of drug-likeness (QED) is 0.256. The predicted molar refractivity (Wildman–Crippen MR) is 124 cm³/mol. The lowest BCUT2D eigenvalue weighted by Crippen LogP contribution is -2.29. The number of methoxy groups -OCH3 is 2. The van der Waals surface area contributed by atoms with Gasteiger partial charge >= 0.3 is 12.1 Å². The second kappa shape index (κ2) is 11.9. The summed E-state index contributed by atoms with van der Waals surface area (Å²) >= 11 is 2.93. The minimum Gasteiger partial charge on any atom is -0.503 e. The molecule has 2 rings (SSSR count). The summed E-state index contributed by atoms with van der Waals surface area (Å²) in [7, 11) is 2.55. The molecule has 35 heavy (non-hydrogen) atoms. The topological polar surface area (TPSA) is 92.0 Å². The van der Waals surface area contributed by atoms with Gasteiger partial charge in [0.05, 0.1) is 45.3 Å². The third kappa shape index (κ3) is 7.97. The maximum atomic E-state index is 13.8. The van der Waals surface area contributed by atoms with Crippen LogP contribution in [0.2, 0.25) is 0 Å². The van der Waals surface area contributed by atoms with Crippen LogP contribution in [-0.4, -0.2) is 53.4 Å². The van der Waals surface area contributed by atoms with Crippen molar-refractivity contribution in [1.29, 1.82) is 0 Å². The normalized spacial score (nSPS) is 13.5. The highest BCUT2D eigenvalue weighted by molar-refractivity contribution is 9.10. The van der Waals surface area contributed by atoms with E-state index in [0.717, 1.165) is 4.68 Å². The number of aromatic nitrogens is 2. The van der Waals surface area contributed by atoms with Gasteiger partial charge in [0, 0.05) is 0 Å². The van der Waals surface area contributed by atoms with Gasteiger partial charge in [-0.1, -0.05) is 24.3 Å². The third-order valence-electron chi connectivity index (χ3n) is 4.55. The monoisotopic (exact) mass is 564 g/mol. The SMILES string of the molecule is CO/C=C(/C(=O)OC)c1ccccc1COc1nn(CC(O)COC(C)(C)C)c(Br)c1C(F)(F)F. The Morgan fingerprint density at radius 3 is 2.46 bits per heavy atom. The van der Waals surface area contributed by atoms with Crippen LogP contribution in [0.25, 0.3) is 5.57 Å². The number of benzene rings is 1. The average molecular weight is 565 g/mol. The van der Waals surface area contributed by atoms with E-state index in [1.165, 1.54) is 20.5 Å². The van der Waals surface area contributed by atoms with E-state index in [4.69, 9.17) is 18.9 Å². The molecule has 8 nitrogen and oxygen atoms in total. The molecule has 0 aliphatic rings. The lowest BCUT2D eigenvalue weighted by Gasteiger charge is -2.22. The zero-order valence-electron chi connectivity index (χ0n) is 20.0. The molecule has 0 bridgehead atoms. The summed E-state index contributed by atoms with van der Waals surface area (Å²) in [6.45, 7) is 4.69. The van der Waals surface area contributed by atoms with Gasteiger partial charge in [0.25, 0.3) is 0 Å². The van der Waals surface area contributed by atoms with Crippen LogP contribution >= 0.6 is 15.9 Å². The number of aliphatic hydroxyl groups excluding tert-OH is 1. The Labute approximate surface area is 209 Å². The maximum Gasteiger partial charge on any atom is 0.424 e. The van der Waals surface area contributed by atoms with Crippen molar-refractivity contribution in [3.8, 4) is 5.88 Å². The van der Waals surface area contributed by atoms with Crippen molar-refractivity contribution in [2.24, 2.45) is 0 Å². The highest BCUT2D eigenvalue weighted by Crippen LogP contribution is 2.41. The van der Waals surface area contributed by atoms with Gasteiger partial charge in [-0.25, -0.2) is 4.79 Å². The Hall–Kier alpha value is -2.57. The van der Waals surface area contributed by atoms with Crippen LogP contribution in [0.5, 0.6) is 5.88 Å². The Balaban J connectivity index is 2.34. The largest absolute Gasteiger partial charge is 0.503 e. The Morgan fingerprint density at radius 2 is 1.89 bits per heavy atom. The van der Waals surface area contributed by atoms with Crippen molar-refractivity contribution in [1.82, 2.24) is 9.78 Å². The van der Waals surface area contributed by atoms with Gasteiger partial charge in [-0.15, -0.1) is 5.10 Å². The molecular formula is C23H28BrF3N2O6. The van der Waals surface area contributed by atoms with Crippen molar-refractivity contribution < 1.29 is 42.0 Å². The van der Waals surface area contributed by atoms with Gasteiger partial charge in [0.1, 0.15) is 16.8 Å². The number of carbonyl (C=O) groups is 1. The zero-order chi connectivity index (χ0) is 26.4. The van der Waals surface area contributed by atoms with Gasteiger partial charge in [-0.05, 0) is 47.8 Å². The van der Waals surface area contributed by atoms with E-state index in [1.54, 1.807) is 45.0 Å².